The van der Waals surface area contributed by atoms with Gasteiger partial charge in [-0.05, 0) is 53.7 Å². The van der Waals surface area contributed by atoms with Crippen LogP contribution in [0, 0.1) is 23.2 Å². The van der Waals surface area contributed by atoms with E-state index in [0.29, 0.717) is 35.3 Å². The molecule has 1 atom stereocenters. The van der Waals surface area contributed by atoms with Crippen LogP contribution in [0.3, 0.4) is 0 Å². The fraction of sp³-hybridized carbons (Fsp3) is 0.786. The lowest BCUT2D eigenvalue weighted by Gasteiger charge is -2.45. The number of ether oxygens (including phenoxy) is 1. The van der Waals surface area contributed by atoms with Crippen LogP contribution in [0.15, 0.2) is 24.3 Å². The number of hydrogen-bond acceptors (Lipinski definition) is 2. The van der Waals surface area contributed by atoms with E-state index >= 15 is 0 Å². The molecule has 0 aliphatic heterocycles. The zero-order valence-electron chi connectivity index (χ0n) is 21.7. The van der Waals surface area contributed by atoms with Crippen LogP contribution >= 0.6 is 0 Å². The van der Waals surface area contributed by atoms with Crippen LogP contribution in [0.25, 0.3) is 0 Å². The average molecular weight is 473 g/mol. The van der Waals surface area contributed by atoms with Crippen molar-refractivity contribution in [2.45, 2.75) is 105 Å². The van der Waals surface area contributed by atoms with E-state index in [4.69, 9.17) is 4.74 Å². The van der Waals surface area contributed by atoms with Crippen LogP contribution in [0.2, 0.25) is 0 Å². The van der Waals surface area contributed by atoms with Crippen molar-refractivity contribution in [3.05, 3.63) is 35.4 Å². The lowest BCUT2D eigenvalue weighted by Crippen LogP contribution is -2.38. The summed E-state index contributed by atoms with van der Waals surface area (Å²) in [5.74, 6) is 2.11. The molecule has 0 saturated heterocycles. The molecule has 0 saturated carbocycles. The van der Waals surface area contributed by atoms with E-state index in [-0.39, 0.29) is 6.61 Å². The second-order valence-electron chi connectivity index (χ2n) is 10.5. The standard InChI is InChI=1S/C28H47F3O2/c1-21(2)27(22(3)4,23(5)6)18-12-10-8-7-9-11-13-19-33-20-26(32)24-14-16-25(17-15-24)28(29,30)31/h14-17,21-23,26,32H,7-13,18-20H2,1-6H3. The topological polar surface area (TPSA) is 29.5 Å². The molecule has 0 spiro atoms. The Bertz CT molecular complexity index is 614. The number of unbranched alkanes of at least 4 members (excludes halogenated alkanes) is 6. The van der Waals surface area contributed by atoms with Crippen molar-refractivity contribution in [3.8, 4) is 0 Å². The van der Waals surface area contributed by atoms with Crippen LogP contribution in [-0.2, 0) is 10.9 Å². The molecule has 0 aliphatic rings. The molecule has 0 fully saturated rings. The Hall–Kier alpha value is -1.07. The van der Waals surface area contributed by atoms with E-state index in [1.165, 1.54) is 50.7 Å². The van der Waals surface area contributed by atoms with Gasteiger partial charge in [0.25, 0.3) is 0 Å². The molecule has 1 N–H and O–H groups in total. The van der Waals surface area contributed by atoms with Gasteiger partial charge in [-0.3, -0.25) is 0 Å². The fourth-order valence-electron chi connectivity index (χ4n) is 5.57. The molecule has 0 aromatic heterocycles. The lowest BCUT2D eigenvalue weighted by atomic mass is 9.60. The highest BCUT2D eigenvalue weighted by Crippen LogP contribution is 2.47. The van der Waals surface area contributed by atoms with Gasteiger partial charge >= 0.3 is 6.18 Å². The summed E-state index contributed by atoms with van der Waals surface area (Å²) < 4.78 is 43.3. The first-order valence-electron chi connectivity index (χ1n) is 12.9. The molecule has 2 nitrogen and oxygen atoms in total. The summed E-state index contributed by atoms with van der Waals surface area (Å²) in [5.41, 5.74) is 0.167. The normalized spacial score (nSPS) is 14.0. The Morgan fingerprint density at radius 3 is 1.64 bits per heavy atom. The molecule has 33 heavy (non-hydrogen) atoms. The third kappa shape index (κ3) is 9.60. The number of alkyl halides is 3. The molecule has 0 amide bonds. The molecule has 1 rings (SSSR count). The summed E-state index contributed by atoms with van der Waals surface area (Å²) in [4.78, 5) is 0. The first-order valence-corrected chi connectivity index (χ1v) is 12.9. The van der Waals surface area contributed by atoms with Gasteiger partial charge in [0.15, 0.2) is 0 Å². The molecule has 0 radical (unpaired) electrons. The van der Waals surface area contributed by atoms with Gasteiger partial charge in [0, 0.05) is 6.61 Å². The summed E-state index contributed by atoms with van der Waals surface area (Å²) in [6, 6.07) is 4.61. The number of aliphatic hydroxyl groups is 1. The van der Waals surface area contributed by atoms with Crippen LogP contribution in [-0.4, -0.2) is 18.3 Å². The van der Waals surface area contributed by atoms with Crippen molar-refractivity contribution in [3.63, 3.8) is 0 Å². The Morgan fingerprint density at radius 1 is 0.727 bits per heavy atom. The van der Waals surface area contributed by atoms with Crippen molar-refractivity contribution in [1.82, 2.24) is 0 Å². The minimum absolute atomic E-state index is 0.106. The predicted octanol–water partition coefficient (Wildman–Crippen LogP) is 8.83. The molecule has 5 heteroatoms. The highest BCUT2D eigenvalue weighted by atomic mass is 19.4. The number of hydrogen-bond donors (Lipinski definition) is 1. The summed E-state index contributed by atoms with van der Waals surface area (Å²) in [5, 5.41) is 10.1. The Kier molecular flexibility index (Phi) is 13.0. The maximum absolute atomic E-state index is 12.6. The second-order valence-corrected chi connectivity index (χ2v) is 10.5. The van der Waals surface area contributed by atoms with E-state index in [0.717, 1.165) is 25.0 Å². The van der Waals surface area contributed by atoms with E-state index in [1.54, 1.807) is 0 Å². The van der Waals surface area contributed by atoms with Gasteiger partial charge in [-0.25, -0.2) is 0 Å². The Morgan fingerprint density at radius 2 is 1.18 bits per heavy atom. The van der Waals surface area contributed by atoms with Gasteiger partial charge in [-0.1, -0.05) is 92.2 Å². The van der Waals surface area contributed by atoms with Crippen LogP contribution in [0.4, 0.5) is 13.2 Å². The third-order valence-electron chi connectivity index (χ3n) is 7.52. The molecular weight excluding hydrogens is 425 g/mol. The fourth-order valence-corrected chi connectivity index (χ4v) is 5.57. The van der Waals surface area contributed by atoms with Crippen molar-refractivity contribution < 1.29 is 23.0 Å². The molecule has 0 heterocycles. The highest BCUT2D eigenvalue weighted by molar-refractivity contribution is 5.26. The van der Waals surface area contributed by atoms with Gasteiger partial charge in [0.1, 0.15) is 6.10 Å². The quantitative estimate of drug-likeness (QED) is 0.244. The minimum Gasteiger partial charge on any atom is -0.386 e. The first kappa shape index (κ1) is 30.0. The van der Waals surface area contributed by atoms with Gasteiger partial charge in [0.2, 0.25) is 0 Å². The van der Waals surface area contributed by atoms with Crippen LogP contribution < -0.4 is 0 Å². The lowest BCUT2D eigenvalue weighted by molar-refractivity contribution is -0.137. The minimum atomic E-state index is -4.36. The first-order chi connectivity index (χ1) is 15.4. The summed E-state index contributed by atoms with van der Waals surface area (Å²) in [6.07, 6.45) is 4.40. The molecule has 1 unspecified atom stereocenters. The molecule has 0 bridgehead atoms. The molecule has 1 aromatic carbocycles. The van der Waals surface area contributed by atoms with Crippen molar-refractivity contribution in [2.24, 2.45) is 23.2 Å². The SMILES string of the molecule is CC(C)C(CCCCCCCCCOCC(O)c1ccc(C(F)(F)F)cc1)(C(C)C)C(C)C. The van der Waals surface area contributed by atoms with E-state index < -0.39 is 17.8 Å². The number of benzene rings is 1. The van der Waals surface area contributed by atoms with Crippen LogP contribution in [0.1, 0.15) is 110 Å². The summed E-state index contributed by atoms with van der Waals surface area (Å²) in [7, 11) is 0. The monoisotopic (exact) mass is 472 g/mol. The summed E-state index contributed by atoms with van der Waals surface area (Å²) >= 11 is 0. The zero-order chi connectivity index (χ0) is 25.1. The second kappa shape index (κ2) is 14.4. The number of halogens is 3. The number of aliphatic hydroxyl groups excluding tert-OH is 1. The van der Waals surface area contributed by atoms with Crippen LogP contribution in [0.5, 0.6) is 0 Å². The smallest absolute Gasteiger partial charge is 0.386 e. The predicted molar refractivity (Wildman–Crippen MR) is 131 cm³/mol. The summed E-state index contributed by atoms with van der Waals surface area (Å²) in [6.45, 7) is 15.0. The maximum Gasteiger partial charge on any atom is 0.416 e. The zero-order valence-corrected chi connectivity index (χ0v) is 21.7. The van der Waals surface area contributed by atoms with Crippen molar-refractivity contribution in [1.29, 1.82) is 0 Å². The maximum atomic E-state index is 12.6. The Balaban J connectivity index is 2.13. The van der Waals surface area contributed by atoms with E-state index in [1.807, 2.05) is 0 Å². The van der Waals surface area contributed by atoms with E-state index in [2.05, 4.69) is 41.5 Å². The van der Waals surface area contributed by atoms with Gasteiger partial charge in [-0.2, -0.15) is 13.2 Å². The molecule has 0 aliphatic carbocycles. The molecular formula is C28H47F3O2. The third-order valence-corrected chi connectivity index (χ3v) is 7.52. The van der Waals surface area contributed by atoms with Gasteiger partial charge in [-0.15, -0.1) is 0 Å². The largest absolute Gasteiger partial charge is 0.416 e. The van der Waals surface area contributed by atoms with Gasteiger partial charge in [0.05, 0.1) is 12.2 Å². The van der Waals surface area contributed by atoms with Crippen molar-refractivity contribution in [2.75, 3.05) is 13.2 Å². The van der Waals surface area contributed by atoms with Gasteiger partial charge < -0.3 is 9.84 Å². The van der Waals surface area contributed by atoms with E-state index in [9.17, 15) is 18.3 Å². The molecule has 192 valence electrons. The van der Waals surface area contributed by atoms with Crippen molar-refractivity contribution >= 4 is 0 Å². The Labute approximate surface area is 200 Å². The number of rotatable bonds is 16. The molecule has 1 aromatic rings. The highest BCUT2D eigenvalue weighted by Gasteiger charge is 2.39. The average Bonchev–Trinajstić information content (AvgIpc) is 2.73.